The highest BCUT2D eigenvalue weighted by Crippen LogP contribution is 2.07. The Balaban J connectivity index is 4.23. The van der Waals surface area contributed by atoms with E-state index in [9.17, 15) is 0 Å². The maximum Gasteiger partial charge on any atom is 0.0942 e. The lowest BCUT2D eigenvalue weighted by Gasteiger charge is -2.24. The van der Waals surface area contributed by atoms with Crippen LogP contribution in [0.15, 0.2) is 4.99 Å². The SMILES string of the molecule is CC(=NC(C)(C)C)NC(C)(C)C. The summed E-state index contributed by atoms with van der Waals surface area (Å²) >= 11 is 0. The van der Waals surface area contributed by atoms with Gasteiger partial charge in [-0.3, -0.25) is 4.99 Å². The fourth-order valence-electron chi connectivity index (χ4n) is 1.07. The molecule has 2 nitrogen and oxygen atoms in total. The number of nitrogens with one attached hydrogen (secondary N) is 1. The average molecular weight is 170 g/mol. The van der Waals surface area contributed by atoms with E-state index < -0.39 is 0 Å². The molecule has 0 saturated carbocycles. The molecule has 0 bridgehead atoms. The highest BCUT2D eigenvalue weighted by Gasteiger charge is 2.12. The highest BCUT2D eigenvalue weighted by molar-refractivity contribution is 5.80. The van der Waals surface area contributed by atoms with Crippen molar-refractivity contribution >= 4 is 5.84 Å². The molecule has 0 aromatic heterocycles. The van der Waals surface area contributed by atoms with Gasteiger partial charge in [-0.05, 0) is 48.5 Å². The smallest absolute Gasteiger partial charge is 0.0942 e. The number of rotatable bonds is 0. The molecule has 0 radical (unpaired) electrons. The van der Waals surface area contributed by atoms with Crippen molar-refractivity contribution < 1.29 is 0 Å². The van der Waals surface area contributed by atoms with Gasteiger partial charge in [0.25, 0.3) is 0 Å². The monoisotopic (exact) mass is 170 g/mol. The van der Waals surface area contributed by atoms with Gasteiger partial charge in [-0.25, -0.2) is 0 Å². The predicted octanol–water partition coefficient (Wildman–Crippen LogP) is 2.59. The summed E-state index contributed by atoms with van der Waals surface area (Å²) in [5, 5.41) is 3.33. The number of hydrogen-bond donors (Lipinski definition) is 1. The summed E-state index contributed by atoms with van der Waals surface area (Å²) in [5.41, 5.74) is 0.126. The molecular weight excluding hydrogens is 148 g/mol. The molecule has 0 aromatic carbocycles. The van der Waals surface area contributed by atoms with Crippen LogP contribution in [0.25, 0.3) is 0 Å². The molecule has 0 atom stereocenters. The van der Waals surface area contributed by atoms with Crippen LogP contribution >= 0.6 is 0 Å². The average Bonchev–Trinajstić information content (AvgIpc) is 1.49. The van der Waals surface area contributed by atoms with E-state index in [1.807, 2.05) is 6.92 Å². The molecular formula is C10H22N2. The van der Waals surface area contributed by atoms with E-state index in [2.05, 4.69) is 51.9 Å². The molecule has 0 aliphatic carbocycles. The second-order valence-electron chi connectivity index (χ2n) is 5.24. The predicted molar refractivity (Wildman–Crippen MR) is 55.8 cm³/mol. The van der Waals surface area contributed by atoms with Crippen LogP contribution in [0.5, 0.6) is 0 Å². The fourth-order valence-corrected chi connectivity index (χ4v) is 1.07. The minimum atomic E-state index is 0.0162. The molecule has 72 valence electrons. The maximum atomic E-state index is 4.50. The van der Waals surface area contributed by atoms with Crippen LogP contribution in [0.1, 0.15) is 48.5 Å². The normalized spacial score (nSPS) is 14.8. The van der Waals surface area contributed by atoms with E-state index in [4.69, 9.17) is 0 Å². The van der Waals surface area contributed by atoms with E-state index in [0.29, 0.717) is 0 Å². The summed E-state index contributed by atoms with van der Waals surface area (Å²) in [6, 6.07) is 0. The summed E-state index contributed by atoms with van der Waals surface area (Å²) in [6.07, 6.45) is 0. The molecule has 0 aliphatic heterocycles. The van der Waals surface area contributed by atoms with E-state index in [1.54, 1.807) is 0 Å². The van der Waals surface area contributed by atoms with E-state index in [1.165, 1.54) is 0 Å². The van der Waals surface area contributed by atoms with Crippen LogP contribution in [-0.4, -0.2) is 16.9 Å². The van der Waals surface area contributed by atoms with Crippen molar-refractivity contribution in [3.05, 3.63) is 0 Å². The van der Waals surface area contributed by atoms with Crippen molar-refractivity contribution in [3.8, 4) is 0 Å². The molecule has 0 aliphatic rings. The first-order valence-electron chi connectivity index (χ1n) is 4.45. The summed E-state index contributed by atoms with van der Waals surface area (Å²) in [4.78, 5) is 4.50. The van der Waals surface area contributed by atoms with Crippen molar-refractivity contribution in [1.29, 1.82) is 0 Å². The molecule has 0 amide bonds. The second kappa shape index (κ2) is 3.46. The molecule has 0 spiro atoms. The molecule has 0 fully saturated rings. The molecule has 12 heavy (non-hydrogen) atoms. The molecule has 0 rings (SSSR count). The molecule has 0 saturated heterocycles. The minimum Gasteiger partial charge on any atom is -0.369 e. The third-order valence-electron chi connectivity index (χ3n) is 1.06. The zero-order valence-electron chi connectivity index (χ0n) is 9.45. The first kappa shape index (κ1) is 11.5. The summed E-state index contributed by atoms with van der Waals surface area (Å²) in [6.45, 7) is 14.7. The number of amidine groups is 1. The first-order valence-corrected chi connectivity index (χ1v) is 4.45. The van der Waals surface area contributed by atoms with Crippen LogP contribution in [0.3, 0.4) is 0 Å². The van der Waals surface area contributed by atoms with Gasteiger partial charge in [0.05, 0.1) is 11.4 Å². The Hall–Kier alpha value is -0.530. The van der Waals surface area contributed by atoms with Crippen molar-refractivity contribution in [2.75, 3.05) is 0 Å². The van der Waals surface area contributed by atoms with Crippen molar-refractivity contribution in [3.63, 3.8) is 0 Å². The highest BCUT2D eigenvalue weighted by atomic mass is 15.1. The zero-order chi connectivity index (χ0) is 9.99. The maximum absolute atomic E-state index is 4.50. The standard InChI is InChI=1S/C10H22N2/c1-8(11-9(2,3)4)12-10(5,6)7/h1-7H3,(H,11,12). The molecule has 2 heteroatoms. The third kappa shape index (κ3) is 7.58. The van der Waals surface area contributed by atoms with E-state index >= 15 is 0 Å². The van der Waals surface area contributed by atoms with Crippen LogP contribution in [-0.2, 0) is 0 Å². The van der Waals surface area contributed by atoms with Gasteiger partial charge in [-0.2, -0.15) is 0 Å². The summed E-state index contributed by atoms with van der Waals surface area (Å²) in [5.74, 6) is 1.01. The van der Waals surface area contributed by atoms with E-state index in [-0.39, 0.29) is 11.1 Å². The fraction of sp³-hybridized carbons (Fsp3) is 0.900. The van der Waals surface area contributed by atoms with Crippen LogP contribution in [0.2, 0.25) is 0 Å². The van der Waals surface area contributed by atoms with Gasteiger partial charge in [0, 0.05) is 5.54 Å². The lowest BCUT2D eigenvalue weighted by atomic mass is 10.1. The van der Waals surface area contributed by atoms with Gasteiger partial charge < -0.3 is 5.32 Å². The van der Waals surface area contributed by atoms with Gasteiger partial charge >= 0.3 is 0 Å². The summed E-state index contributed by atoms with van der Waals surface area (Å²) < 4.78 is 0. The van der Waals surface area contributed by atoms with Crippen LogP contribution in [0, 0.1) is 0 Å². The van der Waals surface area contributed by atoms with E-state index in [0.717, 1.165) is 5.84 Å². The molecule has 0 heterocycles. The van der Waals surface area contributed by atoms with Crippen LogP contribution in [0.4, 0.5) is 0 Å². The Labute approximate surface area is 76.5 Å². The second-order valence-corrected chi connectivity index (χ2v) is 5.24. The Bertz CT molecular complexity index is 167. The molecule has 1 N–H and O–H groups in total. The first-order chi connectivity index (χ1) is 5.10. The minimum absolute atomic E-state index is 0.0162. The lowest BCUT2D eigenvalue weighted by molar-refractivity contribution is 0.500. The summed E-state index contributed by atoms with van der Waals surface area (Å²) in [7, 11) is 0. The topological polar surface area (TPSA) is 24.4 Å². The largest absolute Gasteiger partial charge is 0.369 e. The molecule has 0 unspecified atom stereocenters. The van der Waals surface area contributed by atoms with Gasteiger partial charge in [-0.15, -0.1) is 0 Å². The quantitative estimate of drug-likeness (QED) is 0.438. The Morgan fingerprint density at radius 3 is 1.67 bits per heavy atom. The van der Waals surface area contributed by atoms with Crippen molar-refractivity contribution in [1.82, 2.24) is 5.32 Å². The Kier molecular flexibility index (Phi) is 3.31. The van der Waals surface area contributed by atoms with Crippen molar-refractivity contribution in [2.24, 2.45) is 4.99 Å². The molecule has 0 aromatic rings. The van der Waals surface area contributed by atoms with Gasteiger partial charge in [0.2, 0.25) is 0 Å². The number of aliphatic imine (C=N–C) groups is 1. The third-order valence-corrected chi connectivity index (χ3v) is 1.06. The Morgan fingerprint density at radius 1 is 1.00 bits per heavy atom. The number of hydrogen-bond acceptors (Lipinski definition) is 1. The lowest BCUT2D eigenvalue weighted by Crippen LogP contribution is -2.40. The zero-order valence-corrected chi connectivity index (χ0v) is 9.45. The van der Waals surface area contributed by atoms with Gasteiger partial charge in [0.1, 0.15) is 0 Å². The van der Waals surface area contributed by atoms with Gasteiger partial charge in [-0.1, -0.05) is 0 Å². The Morgan fingerprint density at radius 2 is 1.42 bits per heavy atom. The van der Waals surface area contributed by atoms with Crippen molar-refractivity contribution in [2.45, 2.75) is 59.5 Å². The number of nitrogens with zero attached hydrogens (tertiary/aromatic N) is 1. The van der Waals surface area contributed by atoms with Gasteiger partial charge in [0.15, 0.2) is 0 Å². The van der Waals surface area contributed by atoms with Crippen LogP contribution < -0.4 is 5.32 Å².